The Labute approximate surface area is 662 Å². The molecule has 6 aliphatic rings. The molecule has 3 aromatic heterocycles. The lowest BCUT2D eigenvalue weighted by Gasteiger charge is -2.43. The van der Waals surface area contributed by atoms with Gasteiger partial charge in [-0.1, -0.05) is 61.3 Å². The van der Waals surface area contributed by atoms with Gasteiger partial charge in [0, 0.05) is 90.5 Å². The summed E-state index contributed by atoms with van der Waals surface area (Å²) in [7, 11) is 2.19. The Bertz CT molecular complexity index is 4530. The fourth-order valence-electron chi connectivity index (χ4n) is 14.5. The lowest BCUT2D eigenvalue weighted by atomic mass is 9.86. The lowest BCUT2D eigenvalue weighted by Crippen LogP contribution is -2.58. The minimum absolute atomic E-state index is 0.0110. The van der Waals surface area contributed by atoms with Crippen molar-refractivity contribution >= 4 is 92.0 Å². The van der Waals surface area contributed by atoms with Crippen molar-refractivity contribution in [1.82, 2.24) is 45.7 Å². The number of piperazine rings is 1. The number of nitrogens with one attached hydrogen (secondary N) is 4. The number of nitrogens with two attached hydrogens (primary N) is 1. The number of primary amides is 1. The largest absolute Gasteiger partial charge is 0.490 e. The van der Waals surface area contributed by atoms with E-state index in [0.717, 1.165) is 49.2 Å². The number of halogens is 3. The van der Waals surface area contributed by atoms with Gasteiger partial charge in [-0.3, -0.25) is 33.8 Å². The van der Waals surface area contributed by atoms with Gasteiger partial charge in [-0.2, -0.15) is 0 Å². The van der Waals surface area contributed by atoms with Crippen molar-refractivity contribution in [3.05, 3.63) is 147 Å². The Morgan fingerprint density at radius 1 is 0.848 bits per heavy atom. The van der Waals surface area contributed by atoms with E-state index in [1.807, 2.05) is 26.0 Å². The second-order valence-electron chi connectivity index (χ2n) is 29.3. The molecule has 3 fully saturated rings. The molecule has 4 bridgehead atoms. The Hall–Kier alpha value is -9.50. The second kappa shape index (κ2) is 37.9. The number of quaternary nitrogens is 1. The number of hydrogen-bond acceptors (Lipinski definition) is 21. The van der Waals surface area contributed by atoms with Crippen LogP contribution in [-0.2, 0) is 67.3 Å². The minimum Gasteiger partial charge on any atom is -0.490 e. The fourth-order valence-corrected chi connectivity index (χ4v) is 16.1. The molecule has 4 aromatic carbocycles. The number of benzene rings is 4. The van der Waals surface area contributed by atoms with E-state index in [4.69, 9.17) is 76.8 Å². The van der Waals surface area contributed by atoms with Crippen LogP contribution in [0.3, 0.4) is 0 Å². The zero-order valence-corrected chi connectivity index (χ0v) is 65.5. The van der Waals surface area contributed by atoms with Gasteiger partial charge in [0.05, 0.1) is 93.6 Å². The average molecular weight is 1600 g/mol. The molecule has 1 aliphatic carbocycles. The highest BCUT2D eigenvalue weighted by molar-refractivity contribution is 7.22. The molecule has 7 N–H and O–H groups in total. The van der Waals surface area contributed by atoms with Crippen LogP contribution in [0.1, 0.15) is 98.5 Å². The van der Waals surface area contributed by atoms with E-state index in [-0.39, 0.29) is 111 Å². The highest BCUT2D eigenvalue weighted by Crippen LogP contribution is 2.53. The van der Waals surface area contributed by atoms with Crippen molar-refractivity contribution in [2.45, 2.75) is 135 Å². The second-order valence-corrected chi connectivity index (χ2v) is 31.1. The topological polar surface area (TPSA) is 346 Å². The van der Waals surface area contributed by atoms with E-state index in [1.165, 1.54) is 41.9 Å². The number of carboxylic acid groups (broad SMARTS) is 1. The van der Waals surface area contributed by atoms with Gasteiger partial charge >= 0.3 is 12.0 Å². The molecule has 2 saturated heterocycles. The number of aliphatic carboxylic acids is 1. The van der Waals surface area contributed by atoms with Gasteiger partial charge < -0.3 is 74.5 Å². The number of urea groups is 1. The van der Waals surface area contributed by atoms with Gasteiger partial charge in [-0.25, -0.2) is 33.9 Å². The normalized spacial score (nSPS) is 19.8. The van der Waals surface area contributed by atoms with E-state index in [0.29, 0.717) is 134 Å². The molecule has 5 aliphatic heterocycles. The molecule has 0 unspecified atom stereocenters. The number of carbonyl (C=O) groups excluding carboxylic acids is 6. The maximum absolute atomic E-state index is 14.7. The third-order valence-corrected chi connectivity index (χ3v) is 22.8. The van der Waals surface area contributed by atoms with Gasteiger partial charge in [0.2, 0.25) is 29.7 Å². The Kier molecular flexibility index (Phi) is 27.7. The summed E-state index contributed by atoms with van der Waals surface area (Å²) >= 11 is 16.4. The molecule has 596 valence electrons. The van der Waals surface area contributed by atoms with Crippen molar-refractivity contribution in [3.8, 4) is 44.7 Å². The van der Waals surface area contributed by atoms with Crippen molar-refractivity contribution in [2.24, 2.45) is 11.7 Å². The number of ether oxygens (including phenoxy) is 8. The summed E-state index contributed by atoms with van der Waals surface area (Å²) in [6.45, 7) is 13.3. The van der Waals surface area contributed by atoms with Gasteiger partial charge in [0.25, 0.3) is 11.8 Å². The fraction of sp³-hybridized carbons (Fsp3) is 0.463. The number of amides is 7. The molecule has 0 radical (unpaired) electrons. The number of thiophene rings is 1. The summed E-state index contributed by atoms with van der Waals surface area (Å²) in [5.74, 6) is -2.79. The van der Waals surface area contributed by atoms with Gasteiger partial charge in [-0.15, -0.1) is 11.3 Å². The molecule has 1 saturated carbocycles. The van der Waals surface area contributed by atoms with Crippen molar-refractivity contribution in [3.63, 3.8) is 0 Å². The first-order valence-corrected chi connectivity index (χ1v) is 39.3. The van der Waals surface area contributed by atoms with Crippen molar-refractivity contribution < 1.29 is 85.4 Å². The average Bonchev–Trinajstić information content (AvgIpc) is 1.42. The molecular weight excluding hydrogens is 1510 g/mol. The minimum atomic E-state index is -1.54. The smallest absolute Gasteiger partial charge is 0.345 e. The third kappa shape index (κ3) is 21.0. The summed E-state index contributed by atoms with van der Waals surface area (Å²) in [6.07, 6.45) is 6.67. The molecule has 5 atom stereocenters. The summed E-state index contributed by atoms with van der Waals surface area (Å²) in [5.41, 5.74) is 10.8. The zero-order chi connectivity index (χ0) is 79.2. The molecule has 28 nitrogen and oxygen atoms in total. The van der Waals surface area contributed by atoms with Crippen LogP contribution in [0.5, 0.6) is 23.1 Å². The third-order valence-electron chi connectivity index (χ3n) is 20.7. The molecule has 8 heterocycles. The first-order valence-electron chi connectivity index (χ1n) is 37.7. The van der Waals surface area contributed by atoms with Crippen molar-refractivity contribution in [1.29, 1.82) is 0 Å². The number of hydrogen-bond donors (Lipinski definition) is 6. The first-order chi connectivity index (χ1) is 53.9. The quantitative estimate of drug-likeness (QED) is 0.0144. The highest BCUT2D eigenvalue weighted by atomic mass is 35.5. The van der Waals surface area contributed by atoms with Gasteiger partial charge in [0.1, 0.15) is 78.3 Å². The summed E-state index contributed by atoms with van der Waals surface area (Å²) in [4.78, 5) is 113. The molecule has 7 amide bonds. The molecule has 32 heteroatoms. The number of imide groups is 1. The van der Waals surface area contributed by atoms with E-state index in [2.05, 4.69) is 43.2 Å². The van der Waals surface area contributed by atoms with E-state index in [1.54, 1.807) is 68.6 Å². The van der Waals surface area contributed by atoms with Crippen LogP contribution in [0.25, 0.3) is 31.8 Å². The number of carboxylic acids is 1. The maximum atomic E-state index is 14.7. The number of carbonyl (C=O) groups is 7. The Balaban J connectivity index is 0.742. The van der Waals surface area contributed by atoms with Gasteiger partial charge in [0.15, 0.2) is 5.75 Å². The number of rotatable bonds is 29. The molecule has 7 aromatic rings. The first kappa shape index (κ1) is 82.0. The monoisotopic (exact) mass is 1600 g/mol. The van der Waals surface area contributed by atoms with Crippen LogP contribution < -0.4 is 45.9 Å². The highest BCUT2D eigenvalue weighted by Gasteiger charge is 2.37. The van der Waals surface area contributed by atoms with E-state index >= 15 is 0 Å². The van der Waals surface area contributed by atoms with Gasteiger partial charge in [-0.05, 0) is 129 Å². The van der Waals surface area contributed by atoms with Crippen LogP contribution in [-0.4, -0.2) is 216 Å². The van der Waals surface area contributed by atoms with Crippen LogP contribution in [0.4, 0.5) is 14.9 Å². The number of aromatic nitrogens is 4. The summed E-state index contributed by atoms with van der Waals surface area (Å²) in [6, 6.07) is 17.7. The van der Waals surface area contributed by atoms with Crippen LogP contribution >= 0.6 is 34.5 Å². The number of anilines is 1. The predicted octanol–water partition coefficient (Wildman–Crippen LogP) is 9.44. The predicted molar refractivity (Wildman–Crippen MR) is 416 cm³/mol. The Morgan fingerprint density at radius 2 is 1.59 bits per heavy atom. The number of nitrogens with zero attached hydrogens (tertiary/aromatic N) is 7. The van der Waals surface area contributed by atoms with Crippen LogP contribution in [0, 0.1) is 25.6 Å². The number of likely N-dealkylation sites (N-methyl/N-ethyl adjacent to an activating group) is 1. The molecule has 13 rings (SSSR count). The lowest BCUT2D eigenvalue weighted by molar-refractivity contribution is -0.926. The van der Waals surface area contributed by atoms with Crippen LogP contribution in [0.2, 0.25) is 10.0 Å². The standard InChI is InChI=1S/C80H93Cl2FN12O16S/c1-46(2)71(92-63(96)25-33-104-34-30-94-64(97)22-23-65(94)98)76(100)91-60(7-6-26-86-80(84)103)75(99)90-54-16-8-49(9-17-54)40-95(5)31-28-93(29-32-95)39-58-43-108-57-20-21-61(109-41-55-24-27-85-74(89-55)51-12-18-56(19-13-51)107-44-59-42-105-35-36-106-59)52(37-57)38-62(79(101)102)111-77-68-67(66-47(3)69(81)72(110-58)70(82)48(66)4)73(112-78(68)88-45-87-77)50-10-14-53(83)15-11-50/h8-11,14-17,20-24,27,37,45-46,51,56,58-60,62,71H,6-7,12-13,18-19,25-26,28-36,38-44H2,1-5H3,(H6-,84,86,90,91,92,96,99,100,101,102,103)/p+1/t51?,56?,58-,59+,60+,62-,71+/m1/s1. The van der Waals surface area contributed by atoms with Crippen LogP contribution in [0.15, 0.2) is 97.5 Å². The molecular formula is C80H94Cl2FN12O16S+. The van der Waals surface area contributed by atoms with E-state index in [9.17, 15) is 43.1 Å². The summed E-state index contributed by atoms with van der Waals surface area (Å²) < 4.78 is 65.4. The Morgan fingerprint density at radius 3 is 2.29 bits per heavy atom. The maximum Gasteiger partial charge on any atom is 0.345 e. The molecule has 0 spiro atoms. The zero-order valence-electron chi connectivity index (χ0n) is 63.1. The van der Waals surface area contributed by atoms with Crippen molar-refractivity contribution in [2.75, 3.05) is 104 Å². The summed E-state index contributed by atoms with van der Waals surface area (Å²) in [5, 5.41) is 23.0. The molecule has 112 heavy (non-hydrogen) atoms. The number of fused-ring (bicyclic) bond motifs is 7. The SMILES string of the molecule is Cc1c(Cl)c2c(Cl)c(C)c1-c1c(-c3ccc(F)cc3)sc3ncnc(c13)O[C@@H](C(=O)O)Cc1cc(ccc1OCc1ccnc(C3CCC(OC[C@@H]4COCCO4)CC3)n1)OC[C@@H](CN1CC[N+](C)(Cc3ccc(NC(=O)[C@H](CCCNC(N)=O)NC(=O)[C@@H](NC(=O)CCOCCN4C(=O)C=CC4=O)C(C)C)cc3)CC1)O2. The van der Waals surface area contributed by atoms with E-state index < -0.39 is 71.6 Å².